The minimum atomic E-state index is 1.02. The van der Waals surface area contributed by atoms with Crippen LogP contribution in [0.1, 0.15) is 16.7 Å². The third-order valence-electron chi connectivity index (χ3n) is 3.94. The molecule has 0 unspecified atom stereocenters. The molecule has 0 bridgehead atoms. The number of aryl methyl sites for hydroxylation is 1. The summed E-state index contributed by atoms with van der Waals surface area (Å²) in [6.07, 6.45) is 2.93. The SMILES string of the molecule is Cc1ccnc2c1Cc1c-2ccc2ccccc12. The number of rotatable bonds is 0. The number of pyridine rings is 1. The van der Waals surface area contributed by atoms with Gasteiger partial charge in [0, 0.05) is 18.2 Å². The summed E-state index contributed by atoms with van der Waals surface area (Å²) >= 11 is 0. The lowest BCUT2D eigenvalue weighted by Crippen LogP contribution is -1.88. The molecule has 0 amide bonds. The lowest BCUT2D eigenvalue weighted by atomic mass is 10.0. The first-order chi connectivity index (χ1) is 8.84. The van der Waals surface area contributed by atoms with Gasteiger partial charge >= 0.3 is 0 Å². The highest BCUT2D eigenvalue weighted by Crippen LogP contribution is 2.40. The third kappa shape index (κ3) is 1.19. The van der Waals surface area contributed by atoms with E-state index in [1.807, 2.05) is 6.20 Å². The van der Waals surface area contributed by atoms with Crippen molar-refractivity contribution in [1.29, 1.82) is 0 Å². The Morgan fingerprint density at radius 2 is 1.83 bits per heavy atom. The zero-order valence-electron chi connectivity index (χ0n) is 10.3. The summed E-state index contributed by atoms with van der Waals surface area (Å²) < 4.78 is 0. The van der Waals surface area contributed by atoms with Crippen LogP contribution < -0.4 is 0 Å². The van der Waals surface area contributed by atoms with E-state index in [9.17, 15) is 0 Å². The van der Waals surface area contributed by atoms with Crippen LogP contribution in [0.2, 0.25) is 0 Å². The topological polar surface area (TPSA) is 12.9 Å². The van der Waals surface area contributed by atoms with E-state index in [-0.39, 0.29) is 0 Å². The standard InChI is InChI=1S/C17H13N/c1-11-8-9-18-17-14-7-6-12-4-2-3-5-13(12)16(14)10-15(11)17/h2-9H,10H2,1H3. The number of aromatic nitrogens is 1. The maximum Gasteiger partial charge on any atom is 0.0743 e. The van der Waals surface area contributed by atoms with Crippen LogP contribution in [0.25, 0.3) is 22.0 Å². The lowest BCUT2D eigenvalue weighted by Gasteiger charge is -2.04. The number of benzene rings is 2. The van der Waals surface area contributed by atoms with Gasteiger partial charge in [0.1, 0.15) is 0 Å². The first-order valence-corrected chi connectivity index (χ1v) is 6.30. The van der Waals surface area contributed by atoms with Gasteiger partial charge in [-0.15, -0.1) is 0 Å². The summed E-state index contributed by atoms with van der Waals surface area (Å²) in [7, 11) is 0. The van der Waals surface area contributed by atoms with Crippen molar-refractivity contribution in [3.8, 4) is 11.3 Å². The van der Waals surface area contributed by atoms with E-state index in [0.717, 1.165) is 6.42 Å². The van der Waals surface area contributed by atoms with Gasteiger partial charge in [-0.05, 0) is 40.5 Å². The van der Waals surface area contributed by atoms with Crippen LogP contribution in [0, 0.1) is 6.92 Å². The van der Waals surface area contributed by atoms with Gasteiger partial charge in [-0.3, -0.25) is 4.98 Å². The zero-order chi connectivity index (χ0) is 12.1. The van der Waals surface area contributed by atoms with Crippen molar-refractivity contribution in [3.05, 3.63) is 65.4 Å². The summed E-state index contributed by atoms with van der Waals surface area (Å²) in [5.74, 6) is 0. The highest BCUT2D eigenvalue weighted by molar-refractivity contribution is 5.94. The Morgan fingerprint density at radius 3 is 2.78 bits per heavy atom. The second-order valence-electron chi connectivity index (χ2n) is 4.94. The monoisotopic (exact) mass is 231 g/mol. The molecule has 2 aromatic carbocycles. The smallest absolute Gasteiger partial charge is 0.0743 e. The summed E-state index contributed by atoms with van der Waals surface area (Å²) in [4.78, 5) is 4.57. The second-order valence-corrected chi connectivity index (χ2v) is 4.94. The third-order valence-corrected chi connectivity index (χ3v) is 3.94. The quantitative estimate of drug-likeness (QED) is 0.443. The number of nitrogens with zero attached hydrogens (tertiary/aromatic N) is 1. The van der Waals surface area contributed by atoms with Gasteiger partial charge in [0.15, 0.2) is 0 Å². The molecule has 18 heavy (non-hydrogen) atoms. The van der Waals surface area contributed by atoms with Gasteiger partial charge in [-0.25, -0.2) is 0 Å². The molecule has 0 radical (unpaired) electrons. The largest absolute Gasteiger partial charge is 0.256 e. The molecule has 0 aliphatic heterocycles. The molecule has 1 heterocycles. The van der Waals surface area contributed by atoms with E-state index < -0.39 is 0 Å². The highest BCUT2D eigenvalue weighted by Gasteiger charge is 2.22. The maximum absolute atomic E-state index is 4.57. The molecule has 0 saturated carbocycles. The molecular weight excluding hydrogens is 218 g/mol. The Hall–Kier alpha value is -2.15. The van der Waals surface area contributed by atoms with Crippen LogP contribution in [0.4, 0.5) is 0 Å². The first-order valence-electron chi connectivity index (χ1n) is 6.30. The van der Waals surface area contributed by atoms with Crippen molar-refractivity contribution < 1.29 is 0 Å². The Labute approximate surface area is 106 Å². The van der Waals surface area contributed by atoms with Crippen LogP contribution in [-0.2, 0) is 6.42 Å². The summed E-state index contributed by atoms with van der Waals surface area (Å²) in [5.41, 5.74) is 6.66. The predicted octanol–water partition coefficient (Wildman–Crippen LogP) is 4.11. The molecule has 0 saturated heterocycles. The number of hydrogen-bond donors (Lipinski definition) is 0. The lowest BCUT2D eigenvalue weighted by molar-refractivity contribution is 1.19. The maximum atomic E-state index is 4.57. The molecule has 0 spiro atoms. The molecule has 1 aliphatic rings. The minimum Gasteiger partial charge on any atom is -0.256 e. The van der Waals surface area contributed by atoms with E-state index in [0.29, 0.717) is 0 Å². The Bertz CT molecular complexity index is 772. The van der Waals surface area contributed by atoms with Crippen molar-refractivity contribution in [2.24, 2.45) is 0 Å². The minimum absolute atomic E-state index is 1.02. The fourth-order valence-electron chi connectivity index (χ4n) is 2.97. The predicted molar refractivity (Wildman–Crippen MR) is 74.7 cm³/mol. The molecule has 0 N–H and O–H groups in total. The highest BCUT2D eigenvalue weighted by atomic mass is 14.7. The van der Waals surface area contributed by atoms with Crippen molar-refractivity contribution >= 4 is 10.8 Å². The fraction of sp³-hybridized carbons (Fsp3) is 0.118. The van der Waals surface area contributed by atoms with Crippen LogP contribution in [0.5, 0.6) is 0 Å². The van der Waals surface area contributed by atoms with E-state index in [4.69, 9.17) is 0 Å². The Morgan fingerprint density at radius 1 is 0.944 bits per heavy atom. The molecular formula is C17H13N. The summed E-state index contributed by atoms with van der Waals surface area (Å²) in [5, 5.41) is 2.69. The molecule has 86 valence electrons. The Balaban J connectivity index is 2.10. The van der Waals surface area contributed by atoms with E-state index >= 15 is 0 Å². The molecule has 4 rings (SSSR count). The number of fused-ring (bicyclic) bond motifs is 5. The van der Waals surface area contributed by atoms with Gasteiger partial charge < -0.3 is 0 Å². The first kappa shape index (κ1) is 9.84. The van der Waals surface area contributed by atoms with Crippen LogP contribution in [0.15, 0.2) is 48.7 Å². The molecule has 1 aliphatic carbocycles. The fourth-order valence-corrected chi connectivity index (χ4v) is 2.97. The van der Waals surface area contributed by atoms with Crippen molar-refractivity contribution in [3.63, 3.8) is 0 Å². The van der Waals surface area contributed by atoms with E-state index in [1.54, 1.807) is 0 Å². The molecule has 1 heteroatoms. The second kappa shape index (κ2) is 3.42. The van der Waals surface area contributed by atoms with E-state index in [2.05, 4.69) is 54.4 Å². The average Bonchev–Trinajstić information content (AvgIpc) is 2.79. The average molecular weight is 231 g/mol. The van der Waals surface area contributed by atoms with Crippen LogP contribution >= 0.6 is 0 Å². The zero-order valence-corrected chi connectivity index (χ0v) is 10.3. The number of hydrogen-bond acceptors (Lipinski definition) is 1. The Kier molecular flexibility index (Phi) is 1.87. The van der Waals surface area contributed by atoms with Gasteiger partial charge in [-0.2, -0.15) is 0 Å². The summed E-state index contributed by atoms with van der Waals surface area (Å²) in [6, 6.07) is 15.1. The van der Waals surface area contributed by atoms with Crippen LogP contribution in [-0.4, -0.2) is 4.98 Å². The normalized spacial score (nSPS) is 12.5. The van der Waals surface area contributed by atoms with Crippen molar-refractivity contribution in [2.45, 2.75) is 13.3 Å². The summed E-state index contributed by atoms with van der Waals surface area (Å²) in [6.45, 7) is 2.18. The van der Waals surface area contributed by atoms with Crippen LogP contribution in [0.3, 0.4) is 0 Å². The van der Waals surface area contributed by atoms with Gasteiger partial charge in [0.2, 0.25) is 0 Å². The molecule has 1 aromatic heterocycles. The molecule has 1 nitrogen and oxygen atoms in total. The molecule has 3 aromatic rings. The molecule has 0 atom stereocenters. The van der Waals surface area contributed by atoms with Gasteiger partial charge in [0.05, 0.1) is 5.69 Å². The van der Waals surface area contributed by atoms with Crippen molar-refractivity contribution in [2.75, 3.05) is 0 Å². The molecule has 0 fully saturated rings. The van der Waals surface area contributed by atoms with Gasteiger partial charge in [-0.1, -0.05) is 36.4 Å². The van der Waals surface area contributed by atoms with Crippen molar-refractivity contribution in [1.82, 2.24) is 4.98 Å². The van der Waals surface area contributed by atoms with E-state index in [1.165, 1.54) is 38.7 Å². The van der Waals surface area contributed by atoms with Gasteiger partial charge in [0.25, 0.3) is 0 Å².